The number of halogens is 1. The summed E-state index contributed by atoms with van der Waals surface area (Å²) < 4.78 is 5.53. The van der Waals surface area contributed by atoms with Crippen LogP contribution in [-0.4, -0.2) is 36.5 Å². The maximum Gasteiger partial charge on any atom is 0.196 e. The van der Waals surface area contributed by atoms with Crippen LogP contribution >= 0.6 is 11.6 Å². The first-order chi connectivity index (χ1) is 9.65. The summed E-state index contributed by atoms with van der Waals surface area (Å²) in [5.41, 5.74) is 7.91. The molecule has 0 radical (unpaired) electrons. The van der Waals surface area contributed by atoms with Crippen molar-refractivity contribution in [3.63, 3.8) is 0 Å². The van der Waals surface area contributed by atoms with Gasteiger partial charge in [0.25, 0.3) is 0 Å². The topological polar surface area (TPSA) is 82.9 Å². The lowest BCUT2D eigenvalue weighted by atomic mass is 10.1. The number of benzene rings is 1. The second-order valence-electron chi connectivity index (χ2n) is 4.32. The van der Waals surface area contributed by atoms with Gasteiger partial charge in [0.05, 0.1) is 18.9 Å². The number of rotatable bonds is 6. The smallest absolute Gasteiger partial charge is 0.196 e. The van der Waals surface area contributed by atoms with Crippen molar-refractivity contribution in [3.8, 4) is 11.3 Å². The van der Waals surface area contributed by atoms with Crippen LogP contribution in [0.25, 0.3) is 11.3 Å². The van der Waals surface area contributed by atoms with Crippen LogP contribution in [-0.2, 0) is 0 Å². The maximum atomic E-state index is 9.13. The number of nitrogen functional groups attached to an aromatic ring is 1. The van der Waals surface area contributed by atoms with E-state index in [1.54, 1.807) is 18.2 Å². The second kappa shape index (κ2) is 6.65. The standard InChI is InChI=1S/C14H17ClN2O3/c15-13-9-12(17(5-7-18)6-8-19)14(20-13)10-1-3-11(16)4-2-10/h1-4,9,18-19H,5-8,16H2. The van der Waals surface area contributed by atoms with E-state index in [0.29, 0.717) is 24.5 Å². The van der Waals surface area contributed by atoms with Crippen molar-refractivity contribution in [2.45, 2.75) is 0 Å². The Bertz CT molecular complexity index is 548. The van der Waals surface area contributed by atoms with Gasteiger partial charge >= 0.3 is 0 Å². The molecule has 6 heteroatoms. The summed E-state index contributed by atoms with van der Waals surface area (Å²) in [7, 11) is 0. The zero-order valence-electron chi connectivity index (χ0n) is 10.9. The van der Waals surface area contributed by atoms with Gasteiger partial charge in [-0.15, -0.1) is 0 Å². The van der Waals surface area contributed by atoms with Crippen LogP contribution in [0, 0.1) is 0 Å². The third-order valence-corrected chi connectivity index (χ3v) is 3.12. The number of hydrogen-bond donors (Lipinski definition) is 3. The maximum absolute atomic E-state index is 9.13. The van der Waals surface area contributed by atoms with E-state index in [-0.39, 0.29) is 18.4 Å². The first-order valence-electron chi connectivity index (χ1n) is 6.27. The van der Waals surface area contributed by atoms with Gasteiger partial charge in [-0.05, 0) is 35.9 Å². The lowest BCUT2D eigenvalue weighted by Crippen LogP contribution is -2.29. The Morgan fingerprint density at radius 3 is 2.25 bits per heavy atom. The normalized spacial score (nSPS) is 10.8. The molecule has 0 saturated heterocycles. The summed E-state index contributed by atoms with van der Waals surface area (Å²) in [5, 5.41) is 18.5. The average molecular weight is 297 g/mol. The largest absolute Gasteiger partial charge is 0.442 e. The molecule has 4 N–H and O–H groups in total. The fraction of sp³-hybridized carbons (Fsp3) is 0.286. The van der Waals surface area contributed by atoms with E-state index in [0.717, 1.165) is 11.3 Å². The third kappa shape index (κ3) is 3.25. The Labute approximate surface area is 122 Å². The van der Waals surface area contributed by atoms with Gasteiger partial charge < -0.3 is 25.3 Å². The lowest BCUT2D eigenvalue weighted by molar-refractivity contribution is 0.281. The number of furan rings is 1. The van der Waals surface area contributed by atoms with Gasteiger partial charge in [0.2, 0.25) is 0 Å². The average Bonchev–Trinajstić information content (AvgIpc) is 2.81. The monoisotopic (exact) mass is 296 g/mol. The van der Waals surface area contributed by atoms with E-state index in [4.69, 9.17) is 32.0 Å². The summed E-state index contributed by atoms with van der Waals surface area (Å²) >= 11 is 5.95. The number of hydrogen-bond acceptors (Lipinski definition) is 5. The van der Waals surface area contributed by atoms with Gasteiger partial charge in [-0.3, -0.25) is 0 Å². The summed E-state index contributed by atoms with van der Waals surface area (Å²) in [6.45, 7) is 0.727. The number of anilines is 2. The van der Waals surface area contributed by atoms with Gasteiger partial charge in [-0.2, -0.15) is 0 Å². The molecule has 2 aromatic rings. The molecule has 20 heavy (non-hydrogen) atoms. The predicted molar refractivity (Wildman–Crippen MR) is 80.0 cm³/mol. The van der Waals surface area contributed by atoms with Crippen LogP contribution in [0.2, 0.25) is 5.22 Å². The van der Waals surface area contributed by atoms with E-state index >= 15 is 0 Å². The van der Waals surface area contributed by atoms with E-state index in [9.17, 15) is 0 Å². The Morgan fingerprint density at radius 1 is 1.10 bits per heavy atom. The van der Waals surface area contributed by atoms with Gasteiger partial charge in [0.15, 0.2) is 11.0 Å². The molecule has 0 aliphatic heterocycles. The highest BCUT2D eigenvalue weighted by Crippen LogP contribution is 2.36. The van der Waals surface area contributed by atoms with Crippen LogP contribution in [0.3, 0.4) is 0 Å². The molecule has 1 aromatic carbocycles. The van der Waals surface area contributed by atoms with Crippen LogP contribution in [0.15, 0.2) is 34.7 Å². The minimum absolute atomic E-state index is 0.0238. The molecule has 0 saturated carbocycles. The Morgan fingerprint density at radius 2 is 1.70 bits per heavy atom. The molecule has 0 amide bonds. The molecule has 0 spiro atoms. The van der Waals surface area contributed by atoms with E-state index in [2.05, 4.69) is 0 Å². The minimum atomic E-state index is -0.0238. The van der Waals surface area contributed by atoms with Crippen molar-refractivity contribution in [1.82, 2.24) is 0 Å². The molecule has 5 nitrogen and oxygen atoms in total. The number of aliphatic hydroxyl groups is 2. The highest BCUT2D eigenvalue weighted by molar-refractivity contribution is 6.29. The molecule has 0 bridgehead atoms. The zero-order chi connectivity index (χ0) is 14.5. The molecule has 0 aliphatic rings. The summed E-state index contributed by atoms with van der Waals surface area (Å²) in [5.74, 6) is 0.594. The molecule has 0 aliphatic carbocycles. The van der Waals surface area contributed by atoms with Crippen molar-refractivity contribution in [2.75, 3.05) is 36.9 Å². The van der Waals surface area contributed by atoms with Crippen molar-refractivity contribution in [1.29, 1.82) is 0 Å². The van der Waals surface area contributed by atoms with Crippen LogP contribution in [0.4, 0.5) is 11.4 Å². The van der Waals surface area contributed by atoms with Crippen LogP contribution in [0.5, 0.6) is 0 Å². The molecular formula is C14H17ClN2O3. The minimum Gasteiger partial charge on any atom is -0.442 e. The first kappa shape index (κ1) is 14.7. The third-order valence-electron chi connectivity index (χ3n) is 2.94. The number of nitrogens with zero attached hydrogens (tertiary/aromatic N) is 1. The number of nitrogens with two attached hydrogens (primary N) is 1. The van der Waals surface area contributed by atoms with Crippen molar-refractivity contribution < 1.29 is 14.6 Å². The van der Waals surface area contributed by atoms with Crippen LogP contribution < -0.4 is 10.6 Å². The highest BCUT2D eigenvalue weighted by Gasteiger charge is 2.17. The van der Waals surface area contributed by atoms with Crippen molar-refractivity contribution in [3.05, 3.63) is 35.6 Å². The fourth-order valence-electron chi connectivity index (χ4n) is 2.02. The molecule has 0 unspecified atom stereocenters. The van der Waals surface area contributed by atoms with Crippen molar-refractivity contribution >= 4 is 23.0 Å². The molecule has 1 heterocycles. The van der Waals surface area contributed by atoms with E-state index in [1.807, 2.05) is 17.0 Å². The number of aliphatic hydroxyl groups excluding tert-OH is 2. The summed E-state index contributed by atoms with van der Waals surface area (Å²) in [4.78, 5) is 1.82. The lowest BCUT2D eigenvalue weighted by Gasteiger charge is -2.22. The Balaban J connectivity index is 2.40. The predicted octanol–water partition coefficient (Wildman–Crippen LogP) is 1.97. The van der Waals surface area contributed by atoms with Crippen molar-refractivity contribution in [2.24, 2.45) is 0 Å². The molecule has 2 rings (SSSR count). The fourth-order valence-corrected chi connectivity index (χ4v) is 2.20. The molecule has 108 valence electrons. The van der Waals surface area contributed by atoms with Gasteiger partial charge in [0, 0.05) is 30.4 Å². The molecular weight excluding hydrogens is 280 g/mol. The van der Waals surface area contributed by atoms with E-state index in [1.165, 1.54) is 0 Å². The Kier molecular flexibility index (Phi) is 4.89. The summed E-state index contributed by atoms with van der Waals surface area (Å²) in [6, 6.07) is 8.91. The highest BCUT2D eigenvalue weighted by atomic mass is 35.5. The van der Waals surface area contributed by atoms with Crippen LogP contribution in [0.1, 0.15) is 0 Å². The van der Waals surface area contributed by atoms with Gasteiger partial charge in [-0.25, -0.2) is 0 Å². The quantitative estimate of drug-likeness (QED) is 0.710. The first-order valence-corrected chi connectivity index (χ1v) is 6.65. The Hall–Kier alpha value is -1.69. The second-order valence-corrected chi connectivity index (χ2v) is 4.69. The van der Waals surface area contributed by atoms with Gasteiger partial charge in [-0.1, -0.05) is 0 Å². The zero-order valence-corrected chi connectivity index (χ0v) is 11.7. The molecule has 0 fully saturated rings. The summed E-state index contributed by atoms with van der Waals surface area (Å²) in [6.07, 6.45) is 0. The molecule has 1 aromatic heterocycles. The van der Waals surface area contributed by atoms with Gasteiger partial charge in [0.1, 0.15) is 0 Å². The van der Waals surface area contributed by atoms with E-state index < -0.39 is 0 Å². The SMILES string of the molecule is Nc1ccc(-c2oc(Cl)cc2N(CCO)CCO)cc1. The molecule has 0 atom stereocenters.